The zero-order valence-corrected chi connectivity index (χ0v) is 25.0. The summed E-state index contributed by atoms with van der Waals surface area (Å²) in [6.07, 6.45) is 12.6. The highest BCUT2D eigenvalue weighted by atomic mass is 16.5. The third kappa shape index (κ3) is 6.68. The molecular weight excluding hydrogens is 534 g/mol. The van der Waals surface area contributed by atoms with Crippen molar-refractivity contribution in [3.8, 4) is 5.88 Å². The molecule has 2 heterocycles. The fraction of sp³-hybridized carbons (Fsp3) is 0.594. The van der Waals surface area contributed by atoms with E-state index in [0.717, 1.165) is 11.8 Å². The van der Waals surface area contributed by atoms with Crippen LogP contribution in [0.25, 0.3) is 6.20 Å². The standard InChI is InChI=1S/C32H43N5O5/c1-20(2)19-42-30-26(29(40)35-28-23-12-21-11-22(14-23)15-24(28)13-21)16-34-37(30)10-8-32(3,4)31(41)36(18-27(38)39)17-25-7-5-6-9-33-25/h5-10,16,20-24,28H,11-15,17-19H2,1-4H3,(H,35,40)(H,38,39). The Labute approximate surface area is 247 Å². The number of aromatic nitrogens is 3. The van der Waals surface area contributed by atoms with Gasteiger partial charge in [0.1, 0.15) is 12.1 Å². The lowest BCUT2D eigenvalue weighted by Crippen LogP contribution is -2.55. The number of amides is 2. The Balaban J connectivity index is 1.34. The highest BCUT2D eigenvalue weighted by Crippen LogP contribution is 2.53. The minimum absolute atomic E-state index is 0.0722. The van der Waals surface area contributed by atoms with Crippen LogP contribution < -0.4 is 10.1 Å². The molecule has 0 radical (unpaired) electrons. The second kappa shape index (κ2) is 12.3. The summed E-state index contributed by atoms with van der Waals surface area (Å²) in [7, 11) is 0. The summed E-state index contributed by atoms with van der Waals surface area (Å²) in [6, 6.07) is 5.51. The number of rotatable bonds is 12. The summed E-state index contributed by atoms with van der Waals surface area (Å²) in [6.45, 7) is 7.52. The first-order chi connectivity index (χ1) is 20.0. The Bertz CT molecular complexity index is 1290. The summed E-state index contributed by atoms with van der Waals surface area (Å²) < 4.78 is 7.60. The van der Waals surface area contributed by atoms with E-state index in [9.17, 15) is 19.5 Å². The summed E-state index contributed by atoms with van der Waals surface area (Å²) >= 11 is 0. The first-order valence-electron chi connectivity index (χ1n) is 15.1. The van der Waals surface area contributed by atoms with Crippen LogP contribution in [-0.2, 0) is 16.1 Å². The molecule has 0 unspecified atom stereocenters. The quantitative estimate of drug-likeness (QED) is 0.381. The van der Waals surface area contributed by atoms with Crippen LogP contribution in [-0.4, -0.2) is 61.7 Å². The average Bonchev–Trinajstić information content (AvgIpc) is 3.35. The number of hydrogen-bond acceptors (Lipinski definition) is 6. The van der Waals surface area contributed by atoms with E-state index in [4.69, 9.17) is 4.74 Å². The van der Waals surface area contributed by atoms with Gasteiger partial charge in [-0.25, -0.2) is 4.68 Å². The minimum Gasteiger partial charge on any atom is -0.480 e. The van der Waals surface area contributed by atoms with Gasteiger partial charge in [0.05, 0.1) is 30.5 Å². The fourth-order valence-corrected chi connectivity index (χ4v) is 7.18. The van der Waals surface area contributed by atoms with E-state index in [-0.39, 0.29) is 30.3 Å². The summed E-state index contributed by atoms with van der Waals surface area (Å²) in [5, 5.41) is 17.2. The predicted octanol–water partition coefficient (Wildman–Crippen LogP) is 4.48. The van der Waals surface area contributed by atoms with Crippen molar-refractivity contribution >= 4 is 24.0 Å². The number of carbonyl (C=O) groups excluding carboxylic acids is 2. The lowest BCUT2D eigenvalue weighted by atomic mass is 9.54. The van der Waals surface area contributed by atoms with E-state index < -0.39 is 17.9 Å². The van der Waals surface area contributed by atoms with Crippen molar-refractivity contribution in [3.05, 3.63) is 47.9 Å². The number of carboxylic acid groups (broad SMARTS) is 1. The van der Waals surface area contributed by atoms with Gasteiger partial charge in [-0.2, -0.15) is 5.10 Å². The molecular formula is C32H43N5O5. The highest BCUT2D eigenvalue weighted by molar-refractivity contribution is 5.96. The molecule has 6 rings (SSSR count). The van der Waals surface area contributed by atoms with Crippen molar-refractivity contribution in [2.75, 3.05) is 13.2 Å². The minimum atomic E-state index is -1.11. The van der Waals surface area contributed by atoms with Crippen LogP contribution in [0.15, 0.2) is 36.7 Å². The first kappa shape index (κ1) is 29.8. The molecule has 0 saturated heterocycles. The molecule has 0 aromatic carbocycles. The zero-order chi connectivity index (χ0) is 30.0. The van der Waals surface area contributed by atoms with E-state index in [1.807, 2.05) is 13.8 Å². The molecule has 0 aliphatic heterocycles. The molecule has 2 aromatic rings. The second-order valence-corrected chi connectivity index (χ2v) is 13.4. The van der Waals surface area contributed by atoms with E-state index >= 15 is 0 Å². The SMILES string of the molecule is CC(C)COc1c(C(=O)NC2C3CC4CC(C3)CC2C4)cnn1C=CC(C)(C)C(=O)N(CC(=O)O)Cc1ccccn1. The van der Waals surface area contributed by atoms with Gasteiger partial charge in [0, 0.05) is 18.4 Å². The summed E-state index contributed by atoms with van der Waals surface area (Å²) in [5.41, 5.74) is -0.104. The topological polar surface area (TPSA) is 127 Å². The molecule has 4 bridgehead atoms. The maximum absolute atomic E-state index is 13.6. The number of carboxylic acids is 1. The average molecular weight is 578 g/mol. The van der Waals surface area contributed by atoms with Gasteiger partial charge in [-0.05, 0) is 87.7 Å². The number of carbonyl (C=O) groups is 3. The van der Waals surface area contributed by atoms with Gasteiger partial charge in [-0.15, -0.1) is 0 Å². The van der Waals surface area contributed by atoms with Crippen LogP contribution >= 0.6 is 0 Å². The lowest BCUT2D eigenvalue weighted by Gasteiger charge is -2.54. The summed E-state index contributed by atoms with van der Waals surface area (Å²) in [4.78, 5) is 44.2. The molecule has 2 N–H and O–H groups in total. The molecule has 2 amide bonds. The first-order valence-corrected chi connectivity index (χ1v) is 15.1. The van der Waals surface area contributed by atoms with Crippen molar-refractivity contribution in [3.63, 3.8) is 0 Å². The van der Waals surface area contributed by atoms with Crippen molar-refractivity contribution < 1.29 is 24.2 Å². The van der Waals surface area contributed by atoms with E-state index in [1.165, 1.54) is 47.9 Å². The van der Waals surface area contributed by atoms with Crippen LogP contribution in [0.4, 0.5) is 0 Å². The van der Waals surface area contributed by atoms with Gasteiger partial charge in [-0.1, -0.05) is 26.0 Å². The van der Waals surface area contributed by atoms with Crippen LogP contribution in [0.3, 0.4) is 0 Å². The zero-order valence-electron chi connectivity index (χ0n) is 25.0. The molecule has 42 heavy (non-hydrogen) atoms. The lowest BCUT2D eigenvalue weighted by molar-refractivity contribution is -0.148. The highest BCUT2D eigenvalue weighted by Gasteiger charge is 2.48. The predicted molar refractivity (Wildman–Crippen MR) is 157 cm³/mol. The smallest absolute Gasteiger partial charge is 0.323 e. The number of nitrogens with one attached hydrogen (secondary N) is 1. The number of ether oxygens (including phenoxy) is 1. The third-order valence-corrected chi connectivity index (χ3v) is 8.95. The largest absolute Gasteiger partial charge is 0.480 e. The number of aliphatic carboxylic acids is 1. The van der Waals surface area contributed by atoms with Gasteiger partial charge in [0.25, 0.3) is 5.91 Å². The Kier molecular flexibility index (Phi) is 8.70. The molecule has 0 spiro atoms. The Morgan fingerprint density at radius 3 is 2.43 bits per heavy atom. The number of pyridine rings is 1. The van der Waals surface area contributed by atoms with Crippen LogP contribution in [0.5, 0.6) is 5.88 Å². The molecule has 10 heteroatoms. The van der Waals surface area contributed by atoms with Crippen molar-refractivity contribution in [1.29, 1.82) is 0 Å². The Hall–Kier alpha value is -3.69. The number of nitrogens with zero attached hydrogens (tertiary/aromatic N) is 4. The molecule has 2 aromatic heterocycles. The Morgan fingerprint density at radius 1 is 1.14 bits per heavy atom. The normalized spacial score (nSPS) is 24.7. The molecule has 226 valence electrons. The fourth-order valence-electron chi connectivity index (χ4n) is 7.18. The van der Waals surface area contributed by atoms with Crippen LogP contribution in [0.1, 0.15) is 75.9 Å². The molecule has 0 atom stereocenters. The summed E-state index contributed by atoms with van der Waals surface area (Å²) in [5.74, 6) is 1.64. The molecule has 4 saturated carbocycles. The van der Waals surface area contributed by atoms with E-state index in [1.54, 1.807) is 50.5 Å². The number of hydrogen-bond donors (Lipinski definition) is 2. The maximum Gasteiger partial charge on any atom is 0.323 e. The van der Waals surface area contributed by atoms with Gasteiger partial charge in [0.15, 0.2) is 0 Å². The Morgan fingerprint density at radius 2 is 1.83 bits per heavy atom. The van der Waals surface area contributed by atoms with Crippen LogP contribution in [0, 0.1) is 35.0 Å². The molecule has 4 fully saturated rings. The van der Waals surface area contributed by atoms with Gasteiger partial charge in [0.2, 0.25) is 11.8 Å². The monoisotopic (exact) mass is 577 g/mol. The van der Waals surface area contributed by atoms with E-state index in [0.29, 0.717) is 35.6 Å². The van der Waals surface area contributed by atoms with Gasteiger partial charge < -0.3 is 20.1 Å². The van der Waals surface area contributed by atoms with Gasteiger partial charge >= 0.3 is 5.97 Å². The second-order valence-electron chi connectivity index (χ2n) is 13.4. The van der Waals surface area contributed by atoms with Crippen molar-refractivity contribution in [1.82, 2.24) is 25.0 Å². The van der Waals surface area contributed by atoms with Crippen molar-refractivity contribution in [2.24, 2.45) is 35.0 Å². The van der Waals surface area contributed by atoms with Crippen LogP contribution in [0.2, 0.25) is 0 Å². The van der Waals surface area contributed by atoms with Crippen molar-refractivity contribution in [2.45, 2.75) is 72.4 Å². The molecule has 4 aliphatic rings. The molecule has 10 nitrogen and oxygen atoms in total. The van der Waals surface area contributed by atoms with E-state index in [2.05, 4.69) is 15.4 Å². The third-order valence-electron chi connectivity index (χ3n) is 8.95. The van der Waals surface area contributed by atoms with Gasteiger partial charge in [-0.3, -0.25) is 19.4 Å². The maximum atomic E-state index is 13.6. The molecule has 4 aliphatic carbocycles.